The van der Waals surface area contributed by atoms with Crippen LogP contribution in [-0.2, 0) is 14.4 Å². The van der Waals surface area contributed by atoms with Crippen molar-refractivity contribution in [2.45, 2.75) is 13.8 Å². The molecule has 0 spiro atoms. The second kappa shape index (κ2) is 14.4. The fourth-order valence-corrected chi connectivity index (χ4v) is 3.38. The van der Waals surface area contributed by atoms with E-state index in [0.29, 0.717) is 47.4 Å². The highest BCUT2D eigenvalue weighted by molar-refractivity contribution is 9.10. The molecular weight excluding hydrogens is 556 g/mol. The Balaban J connectivity index is 1.56. The first-order valence-corrected chi connectivity index (χ1v) is 12.5. The molecule has 38 heavy (non-hydrogen) atoms. The lowest BCUT2D eigenvalue weighted by atomic mass is 10.2. The van der Waals surface area contributed by atoms with Gasteiger partial charge in [-0.15, -0.1) is 0 Å². The standard InChI is InChI=1S/C27H27BrN4O6/c1-3-36-22-8-6-5-7-21(22)31-26(34)27(35)32-29-16-18-9-14-23(24(15-18)37-4-2)38-17-25(33)30-20-12-10-19(28)11-13-20/h5-16H,3-4,17H2,1-2H3,(H,30,33)(H,31,34)(H,32,35)/b29-16-. The number of nitrogens with zero attached hydrogens (tertiary/aromatic N) is 1. The van der Waals surface area contributed by atoms with Crippen LogP contribution in [0, 0.1) is 0 Å². The molecule has 3 aromatic rings. The van der Waals surface area contributed by atoms with Gasteiger partial charge in [0.25, 0.3) is 5.91 Å². The van der Waals surface area contributed by atoms with Crippen LogP contribution in [0.4, 0.5) is 11.4 Å². The summed E-state index contributed by atoms with van der Waals surface area (Å²) in [4.78, 5) is 36.6. The third-order valence-electron chi connectivity index (χ3n) is 4.78. The Bertz CT molecular complexity index is 1300. The average molecular weight is 583 g/mol. The van der Waals surface area contributed by atoms with Gasteiger partial charge in [0.1, 0.15) is 5.75 Å². The zero-order chi connectivity index (χ0) is 27.3. The van der Waals surface area contributed by atoms with Gasteiger partial charge in [0.2, 0.25) is 0 Å². The van der Waals surface area contributed by atoms with Gasteiger partial charge in [-0.25, -0.2) is 5.43 Å². The first kappa shape index (κ1) is 28.2. The largest absolute Gasteiger partial charge is 0.492 e. The molecule has 0 aromatic heterocycles. The Morgan fingerprint density at radius 1 is 0.816 bits per heavy atom. The maximum atomic E-state index is 12.2. The lowest BCUT2D eigenvalue weighted by Crippen LogP contribution is -2.32. The van der Waals surface area contributed by atoms with Gasteiger partial charge in [0.05, 0.1) is 25.1 Å². The van der Waals surface area contributed by atoms with Gasteiger partial charge in [-0.1, -0.05) is 28.1 Å². The fourth-order valence-electron chi connectivity index (χ4n) is 3.11. The number of halogens is 1. The van der Waals surface area contributed by atoms with Gasteiger partial charge >= 0.3 is 11.8 Å². The van der Waals surface area contributed by atoms with Crippen LogP contribution in [0.1, 0.15) is 19.4 Å². The van der Waals surface area contributed by atoms with Gasteiger partial charge in [0.15, 0.2) is 18.1 Å². The molecule has 10 nitrogen and oxygen atoms in total. The number of hydrazone groups is 1. The number of rotatable bonds is 11. The molecule has 0 aliphatic heterocycles. The summed E-state index contributed by atoms with van der Waals surface area (Å²) in [5, 5.41) is 9.09. The highest BCUT2D eigenvalue weighted by atomic mass is 79.9. The molecule has 3 rings (SSSR count). The van der Waals surface area contributed by atoms with E-state index in [-0.39, 0.29) is 12.5 Å². The Morgan fingerprint density at radius 2 is 1.53 bits per heavy atom. The molecule has 0 heterocycles. The van der Waals surface area contributed by atoms with Crippen molar-refractivity contribution in [3.63, 3.8) is 0 Å². The van der Waals surface area contributed by atoms with Crippen molar-refractivity contribution in [3.05, 3.63) is 76.8 Å². The lowest BCUT2D eigenvalue weighted by molar-refractivity contribution is -0.136. The number of nitrogens with one attached hydrogen (secondary N) is 3. The Hall–Kier alpha value is -4.38. The number of hydrogen-bond donors (Lipinski definition) is 3. The van der Waals surface area contributed by atoms with Crippen LogP contribution < -0.4 is 30.3 Å². The van der Waals surface area contributed by atoms with E-state index in [4.69, 9.17) is 14.2 Å². The summed E-state index contributed by atoms with van der Waals surface area (Å²) in [5.74, 6) is -0.957. The molecule has 3 aromatic carbocycles. The number of hydrogen-bond acceptors (Lipinski definition) is 7. The van der Waals surface area contributed by atoms with Crippen molar-refractivity contribution >= 4 is 51.2 Å². The molecule has 0 saturated heterocycles. The SMILES string of the molecule is CCOc1ccccc1NC(=O)C(=O)N/N=C\c1ccc(OCC(=O)Nc2ccc(Br)cc2)c(OCC)c1. The molecule has 0 unspecified atom stereocenters. The molecular formula is C27H27BrN4O6. The number of anilines is 2. The Morgan fingerprint density at radius 3 is 2.26 bits per heavy atom. The average Bonchev–Trinajstić information content (AvgIpc) is 2.91. The molecule has 198 valence electrons. The number of carbonyl (C=O) groups is 3. The predicted octanol–water partition coefficient (Wildman–Crippen LogP) is 4.35. The van der Waals surface area contributed by atoms with E-state index in [1.54, 1.807) is 54.6 Å². The minimum atomic E-state index is -0.950. The summed E-state index contributed by atoms with van der Waals surface area (Å²) in [6.07, 6.45) is 1.35. The Kier molecular flexibility index (Phi) is 10.7. The van der Waals surface area contributed by atoms with Crippen molar-refractivity contribution in [1.82, 2.24) is 5.43 Å². The Labute approximate surface area is 228 Å². The number of ether oxygens (including phenoxy) is 3. The monoisotopic (exact) mass is 582 g/mol. The molecule has 0 bridgehead atoms. The van der Waals surface area contributed by atoms with E-state index in [9.17, 15) is 14.4 Å². The number of carbonyl (C=O) groups excluding carboxylic acids is 3. The summed E-state index contributed by atoms with van der Waals surface area (Å²) >= 11 is 3.35. The molecule has 0 saturated carbocycles. The number of para-hydroxylation sites is 2. The quantitative estimate of drug-likeness (QED) is 0.175. The van der Waals surface area contributed by atoms with Crippen LogP contribution in [-0.4, -0.2) is 43.8 Å². The van der Waals surface area contributed by atoms with Crippen molar-refractivity contribution in [2.24, 2.45) is 5.10 Å². The van der Waals surface area contributed by atoms with Crippen molar-refractivity contribution in [2.75, 3.05) is 30.5 Å². The van der Waals surface area contributed by atoms with Gasteiger partial charge in [0, 0.05) is 10.2 Å². The second-order valence-corrected chi connectivity index (χ2v) is 8.48. The van der Waals surface area contributed by atoms with E-state index in [2.05, 4.69) is 37.1 Å². The smallest absolute Gasteiger partial charge is 0.329 e. The van der Waals surface area contributed by atoms with Crippen LogP contribution in [0.2, 0.25) is 0 Å². The molecule has 3 N–H and O–H groups in total. The summed E-state index contributed by atoms with van der Waals surface area (Å²) in [6.45, 7) is 4.19. The summed E-state index contributed by atoms with van der Waals surface area (Å²) in [5.41, 5.74) is 3.78. The summed E-state index contributed by atoms with van der Waals surface area (Å²) < 4.78 is 17.6. The van der Waals surface area contributed by atoms with Crippen molar-refractivity contribution < 1.29 is 28.6 Å². The molecule has 0 aliphatic carbocycles. The predicted molar refractivity (Wildman–Crippen MR) is 148 cm³/mol. The molecule has 11 heteroatoms. The van der Waals surface area contributed by atoms with Gasteiger partial charge in [-0.2, -0.15) is 5.10 Å². The topological polar surface area (TPSA) is 127 Å². The normalized spacial score (nSPS) is 10.5. The van der Waals surface area contributed by atoms with E-state index in [0.717, 1.165) is 4.47 Å². The van der Waals surface area contributed by atoms with Gasteiger partial charge in [-0.3, -0.25) is 14.4 Å². The molecule has 0 aliphatic rings. The number of benzene rings is 3. The maximum Gasteiger partial charge on any atom is 0.329 e. The third kappa shape index (κ3) is 8.63. The van der Waals surface area contributed by atoms with Crippen LogP contribution in [0.25, 0.3) is 0 Å². The van der Waals surface area contributed by atoms with Crippen LogP contribution >= 0.6 is 15.9 Å². The van der Waals surface area contributed by atoms with Gasteiger partial charge < -0.3 is 24.8 Å². The highest BCUT2D eigenvalue weighted by Crippen LogP contribution is 2.28. The zero-order valence-corrected chi connectivity index (χ0v) is 22.4. The molecule has 0 fully saturated rings. The summed E-state index contributed by atoms with van der Waals surface area (Å²) in [6, 6.07) is 18.9. The highest BCUT2D eigenvalue weighted by Gasteiger charge is 2.15. The third-order valence-corrected chi connectivity index (χ3v) is 5.30. The van der Waals surface area contributed by atoms with Crippen molar-refractivity contribution in [1.29, 1.82) is 0 Å². The lowest BCUT2D eigenvalue weighted by Gasteiger charge is -2.12. The van der Waals surface area contributed by atoms with E-state index >= 15 is 0 Å². The minimum absolute atomic E-state index is 0.221. The van der Waals surface area contributed by atoms with E-state index in [1.165, 1.54) is 6.21 Å². The first-order chi connectivity index (χ1) is 18.4. The van der Waals surface area contributed by atoms with Crippen molar-refractivity contribution in [3.8, 4) is 17.2 Å². The molecule has 0 atom stereocenters. The second-order valence-electron chi connectivity index (χ2n) is 7.57. The van der Waals surface area contributed by atoms with E-state index in [1.807, 2.05) is 26.0 Å². The van der Waals surface area contributed by atoms with Crippen LogP contribution in [0.5, 0.6) is 17.2 Å². The molecule has 3 amide bonds. The number of amides is 3. The van der Waals surface area contributed by atoms with Gasteiger partial charge in [-0.05, 0) is 74.0 Å². The van der Waals surface area contributed by atoms with E-state index < -0.39 is 11.8 Å². The zero-order valence-electron chi connectivity index (χ0n) is 20.8. The van der Waals surface area contributed by atoms with Crippen LogP contribution in [0.3, 0.4) is 0 Å². The minimum Gasteiger partial charge on any atom is -0.492 e. The summed E-state index contributed by atoms with van der Waals surface area (Å²) in [7, 11) is 0. The first-order valence-electron chi connectivity index (χ1n) is 11.7. The maximum absolute atomic E-state index is 12.2. The van der Waals surface area contributed by atoms with Crippen LogP contribution in [0.15, 0.2) is 76.3 Å². The molecule has 0 radical (unpaired) electrons. The fraction of sp³-hybridized carbons (Fsp3) is 0.185.